The number of nitrogens with one attached hydrogen (secondary N) is 1. The van der Waals surface area contributed by atoms with E-state index in [1.54, 1.807) is 17.0 Å². The highest BCUT2D eigenvalue weighted by Gasteiger charge is 2.31. The number of hydrogen-bond acceptors (Lipinski definition) is 4. The first-order valence-corrected chi connectivity index (χ1v) is 7.42. The molecule has 1 aromatic heterocycles. The van der Waals surface area contributed by atoms with Gasteiger partial charge in [-0.05, 0) is 26.0 Å². The number of rotatable bonds is 5. The van der Waals surface area contributed by atoms with Gasteiger partial charge >= 0.3 is 11.8 Å². The summed E-state index contributed by atoms with van der Waals surface area (Å²) in [5, 5.41) is 3.60. The molecular formula is C14H19ClN4O2. The average molecular weight is 311 g/mol. The number of carbonyl (C=O) groups is 2. The summed E-state index contributed by atoms with van der Waals surface area (Å²) < 4.78 is 0. The van der Waals surface area contributed by atoms with E-state index < -0.39 is 11.8 Å². The van der Waals surface area contributed by atoms with E-state index in [4.69, 9.17) is 11.6 Å². The van der Waals surface area contributed by atoms with Crippen LogP contribution in [0.2, 0.25) is 5.02 Å². The molecule has 0 bridgehead atoms. The van der Waals surface area contributed by atoms with Crippen molar-refractivity contribution in [2.45, 2.75) is 20.4 Å². The predicted molar refractivity (Wildman–Crippen MR) is 81.1 cm³/mol. The van der Waals surface area contributed by atoms with Gasteiger partial charge in [0, 0.05) is 26.2 Å². The number of amides is 2. The lowest BCUT2D eigenvalue weighted by molar-refractivity contribution is -0.156. The number of pyridine rings is 1. The van der Waals surface area contributed by atoms with Crippen LogP contribution < -0.4 is 5.32 Å². The highest BCUT2D eigenvalue weighted by atomic mass is 35.5. The van der Waals surface area contributed by atoms with Crippen LogP contribution in [-0.2, 0) is 16.1 Å². The minimum absolute atomic E-state index is 0.250. The summed E-state index contributed by atoms with van der Waals surface area (Å²) in [5.74, 6) is -0.236. The van der Waals surface area contributed by atoms with E-state index in [1.165, 1.54) is 4.90 Å². The Bertz CT molecular complexity index is 550. The monoisotopic (exact) mass is 310 g/mol. The zero-order chi connectivity index (χ0) is 15.4. The Labute approximate surface area is 129 Å². The van der Waals surface area contributed by atoms with Gasteiger partial charge < -0.3 is 15.1 Å². The SMILES string of the molecule is CCNc1ccc(Cl)c(CN2CCN(CC)C(=O)C2=O)n1. The van der Waals surface area contributed by atoms with Gasteiger partial charge in [-0.3, -0.25) is 9.59 Å². The molecule has 2 amide bonds. The summed E-state index contributed by atoms with van der Waals surface area (Å²) >= 11 is 6.13. The standard InChI is InChI=1S/C14H19ClN4O2/c1-3-16-12-6-5-10(15)11(17-12)9-19-8-7-18(4-2)13(20)14(19)21/h5-6H,3-4,7-9H2,1-2H3,(H,16,17). The van der Waals surface area contributed by atoms with Crippen LogP contribution in [-0.4, -0.2) is 52.8 Å². The van der Waals surface area contributed by atoms with Crippen molar-refractivity contribution in [2.75, 3.05) is 31.5 Å². The van der Waals surface area contributed by atoms with Gasteiger partial charge in [-0.15, -0.1) is 0 Å². The molecule has 0 radical (unpaired) electrons. The molecule has 1 fully saturated rings. The molecule has 6 nitrogen and oxygen atoms in total. The second-order valence-corrected chi connectivity index (χ2v) is 5.17. The number of carbonyl (C=O) groups excluding carboxylic acids is 2. The number of nitrogens with zero attached hydrogens (tertiary/aromatic N) is 3. The molecule has 2 heterocycles. The van der Waals surface area contributed by atoms with Gasteiger partial charge in [0.2, 0.25) is 0 Å². The Morgan fingerprint density at radius 2 is 1.86 bits per heavy atom. The first kappa shape index (κ1) is 15.6. The highest BCUT2D eigenvalue weighted by molar-refractivity contribution is 6.35. The van der Waals surface area contributed by atoms with Crippen LogP contribution in [0.1, 0.15) is 19.5 Å². The van der Waals surface area contributed by atoms with E-state index in [0.29, 0.717) is 36.2 Å². The Hall–Kier alpha value is -1.82. The summed E-state index contributed by atoms with van der Waals surface area (Å²) in [7, 11) is 0. The van der Waals surface area contributed by atoms with Crippen LogP contribution in [0.4, 0.5) is 5.82 Å². The molecule has 0 unspecified atom stereocenters. The molecule has 0 aliphatic carbocycles. The van der Waals surface area contributed by atoms with E-state index in [1.807, 2.05) is 13.8 Å². The second-order valence-electron chi connectivity index (χ2n) is 4.77. The Morgan fingerprint density at radius 3 is 2.52 bits per heavy atom. The van der Waals surface area contributed by atoms with Crippen LogP contribution in [0.3, 0.4) is 0 Å². The highest BCUT2D eigenvalue weighted by Crippen LogP contribution is 2.19. The molecule has 1 N–H and O–H groups in total. The van der Waals surface area contributed by atoms with Gasteiger partial charge in [-0.2, -0.15) is 0 Å². The van der Waals surface area contributed by atoms with Crippen molar-refractivity contribution in [1.29, 1.82) is 0 Å². The van der Waals surface area contributed by atoms with Crippen molar-refractivity contribution in [3.8, 4) is 0 Å². The van der Waals surface area contributed by atoms with E-state index in [2.05, 4.69) is 10.3 Å². The molecule has 0 aromatic carbocycles. The second kappa shape index (κ2) is 6.76. The van der Waals surface area contributed by atoms with Crippen molar-refractivity contribution >= 4 is 29.2 Å². The molecule has 21 heavy (non-hydrogen) atoms. The van der Waals surface area contributed by atoms with Gasteiger partial charge in [0.1, 0.15) is 5.82 Å². The van der Waals surface area contributed by atoms with Crippen molar-refractivity contribution in [2.24, 2.45) is 0 Å². The first-order chi connectivity index (χ1) is 10.1. The third-order valence-electron chi connectivity index (χ3n) is 3.40. The van der Waals surface area contributed by atoms with Crippen LogP contribution in [0.25, 0.3) is 0 Å². The number of aromatic nitrogens is 1. The average Bonchev–Trinajstić information content (AvgIpc) is 2.48. The smallest absolute Gasteiger partial charge is 0.312 e. The van der Waals surface area contributed by atoms with E-state index in [9.17, 15) is 9.59 Å². The molecule has 114 valence electrons. The summed E-state index contributed by atoms with van der Waals surface area (Å²) in [6, 6.07) is 3.54. The minimum Gasteiger partial charge on any atom is -0.370 e. The van der Waals surface area contributed by atoms with Crippen LogP contribution in [0.5, 0.6) is 0 Å². The summed E-state index contributed by atoms with van der Waals surface area (Å²) in [5.41, 5.74) is 0.598. The Balaban J connectivity index is 2.13. The van der Waals surface area contributed by atoms with Crippen LogP contribution in [0, 0.1) is 0 Å². The molecule has 0 spiro atoms. The van der Waals surface area contributed by atoms with Crippen molar-refractivity contribution < 1.29 is 9.59 Å². The topological polar surface area (TPSA) is 65.5 Å². The number of anilines is 1. The quantitative estimate of drug-likeness (QED) is 0.834. The Kier molecular flexibility index (Phi) is 5.01. The molecule has 0 atom stereocenters. The fourth-order valence-corrected chi connectivity index (χ4v) is 2.39. The zero-order valence-electron chi connectivity index (χ0n) is 12.2. The lowest BCUT2D eigenvalue weighted by atomic mass is 10.2. The predicted octanol–water partition coefficient (Wildman–Crippen LogP) is 1.36. The molecule has 7 heteroatoms. The fraction of sp³-hybridized carbons (Fsp3) is 0.500. The Morgan fingerprint density at radius 1 is 1.19 bits per heavy atom. The molecule has 1 saturated heterocycles. The van der Waals surface area contributed by atoms with Gasteiger partial charge in [0.05, 0.1) is 17.3 Å². The number of hydrogen-bond donors (Lipinski definition) is 1. The minimum atomic E-state index is -0.491. The van der Waals surface area contributed by atoms with Crippen LogP contribution in [0.15, 0.2) is 12.1 Å². The maximum absolute atomic E-state index is 12.1. The van der Waals surface area contributed by atoms with Gasteiger partial charge in [-0.1, -0.05) is 11.6 Å². The number of halogens is 1. The first-order valence-electron chi connectivity index (χ1n) is 7.04. The summed E-state index contributed by atoms with van der Waals surface area (Å²) in [6.07, 6.45) is 0. The number of likely N-dealkylation sites (N-methyl/N-ethyl adjacent to an activating group) is 1. The lowest BCUT2D eigenvalue weighted by Gasteiger charge is -2.33. The molecule has 0 saturated carbocycles. The van der Waals surface area contributed by atoms with E-state index >= 15 is 0 Å². The molecule has 2 rings (SSSR count). The third kappa shape index (κ3) is 3.44. The lowest BCUT2D eigenvalue weighted by Crippen LogP contribution is -2.53. The van der Waals surface area contributed by atoms with Crippen molar-refractivity contribution in [3.05, 3.63) is 22.8 Å². The third-order valence-corrected chi connectivity index (χ3v) is 3.74. The maximum atomic E-state index is 12.1. The fourth-order valence-electron chi connectivity index (χ4n) is 2.22. The molecule has 1 aliphatic rings. The van der Waals surface area contributed by atoms with Crippen molar-refractivity contribution in [3.63, 3.8) is 0 Å². The van der Waals surface area contributed by atoms with Gasteiger partial charge in [-0.25, -0.2) is 4.98 Å². The largest absolute Gasteiger partial charge is 0.370 e. The summed E-state index contributed by atoms with van der Waals surface area (Å²) in [4.78, 5) is 31.4. The van der Waals surface area contributed by atoms with Crippen molar-refractivity contribution in [1.82, 2.24) is 14.8 Å². The normalized spacial score (nSPS) is 15.6. The summed E-state index contributed by atoms with van der Waals surface area (Å²) in [6.45, 7) is 6.43. The molecular weight excluding hydrogens is 292 g/mol. The molecule has 1 aromatic rings. The van der Waals surface area contributed by atoms with Crippen LogP contribution >= 0.6 is 11.6 Å². The maximum Gasteiger partial charge on any atom is 0.312 e. The number of piperazine rings is 1. The van der Waals surface area contributed by atoms with Gasteiger partial charge in [0.25, 0.3) is 0 Å². The molecule has 1 aliphatic heterocycles. The van der Waals surface area contributed by atoms with Gasteiger partial charge in [0.15, 0.2) is 0 Å². The van der Waals surface area contributed by atoms with E-state index in [0.717, 1.165) is 6.54 Å². The zero-order valence-corrected chi connectivity index (χ0v) is 13.0. The van der Waals surface area contributed by atoms with E-state index in [-0.39, 0.29) is 6.54 Å².